The molecule has 0 aliphatic carbocycles. The number of halogens is 1. The monoisotopic (exact) mass is 346 g/mol. The Kier molecular flexibility index (Phi) is 3.82. The van der Waals surface area contributed by atoms with E-state index in [0.29, 0.717) is 5.82 Å². The zero-order valence-corrected chi connectivity index (χ0v) is 14.3. The summed E-state index contributed by atoms with van der Waals surface area (Å²) in [5.41, 5.74) is 11.8. The Labute approximate surface area is 150 Å². The fourth-order valence-corrected chi connectivity index (χ4v) is 3.14. The van der Waals surface area contributed by atoms with Gasteiger partial charge in [-0.05, 0) is 42.3 Å². The fraction of sp³-hybridized carbons (Fsp3) is 0.0500. The van der Waals surface area contributed by atoms with Gasteiger partial charge in [-0.15, -0.1) is 0 Å². The van der Waals surface area contributed by atoms with Crippen LogP contribution in [-0.4, -0.2) is 15.0 Å². The maximum absolute atomic E-state index is 6.30. The smallest absolute Gasteiger partial charge is 0.134 e. The molecule has 0 radical (unpaired) electrons. The van der Waals surface area contributed by atoms with Crippen LogP contribution in [0.4, 0.5) is 5.82 Å². The number of anilines is 1. The van der Waals surface area contributed by atoms with Gasteiger partial charge in [-0.25, -0.2) is 9.97 Å². The molecule has 4 aromatic rings. The molecular weight excluding hydrogens is 332 g/mol. The predicted molar refractivity (Wildman–Crippen MR) is 102 cm³/mol. The summed E-state index contributed by atoms with van der Waals surface area (Å²) in [6, 6.07) is 15.8. The maximum Gasteiger partial charge on any atom is 0.134 e. The van der Waals surface area contributed by atoms with Crippen molar-refractivity contribution in [3.05, 3.63) is 71.6 Å². The van der Waals surface area contributed by atoms with Crippen molar-refractivity contribution in [3.63, 3.8) is 0 Å². The highest BCUT2D eigenvalue weighted by atomic mass is 35.5. The summed E-state index contributed by atoms with van der Waals surface area (Å²) in [6.07, 6.45) is 3.26. The van der Waals surface area contributed by atoms with Crippen molar-refractivity contribution in [2.75, 3.05) is 5.73 Å². The van der Waals surface area contributed by atoms with Crippen LogP contribution in [-0.2, 0) is 0 Å². The second-order valence-electron chi connectivity index (χ2n) is 5.80. The topological polar surface area (TPSA) is 64.7 Å². The molecule has 0 saturated carbocycles. The summed E-state index contributed by atoms with van der Waals surface area (Å²) in [7, 11) is 0. The van der Waals surface area contributed by atoms with Crippen LogP contribution >= 0.6 is 11.6 Å². The molecular formula is C20H15ClN4. The number of hydrogen-bond donors (Lipinski definition) is 1. The summed E-state index contributed by atoms with van der Waals surface area (Å²) in [5.74, 6) is 0.469. The molecule has 0 bridgehead atoms. The molecule has 0 fully saturated rings. The summed E-state index contributed by atoms with van der Waals surface area (Å²) in [6.45, 7) is 2.00. The molecule has 0 aliphatic heterocycles. The number of nitrogen functional groups attached to an aromatic ring is 1. The molecule has 4 rings (SSSR count). The average molecular weight is 347 g/mol. The first-order valence-electron chi connectivity index (χ1n) is 7.86. The Morgan fingerprint density at radius 3 is 2.64 bits per heavy atom. The number of aromatic nitrogens is 3. The molecule has 2 aromatic heterocycles. The highest BCUT2D eigenvalue weighted by Crippen LogP contribution is 2.35. The number of nitrogens with two attached hydrogens (primary N) is 1. The molecule has 25 heavy (non-hydrogen) atoms. The third-order valence-corrected chi connectivity index (χ3v) is 4.72. The molecule has 0 unspecified atom stereocenters. The number of nitrogens with zero attached hydrogens (tertiary/aromatic N) is 3. The van der Waals surface area contributed by atoms with Gasteiger partial charge >= 0.3 is 0 Å². The van der Waals surface area contributed by atoms with Gasteiger partial charge < -0.3 is 5.73 Å². The summed E-state index contributed by atoms with van der Waals surface area (Å²) in [5, 5.41) is 1.56. The Morgan fingerprint density at radius 2 is 1.76 bits per heavy atom. The van der Waals surface area contributed by atoms with Gasteiger partial charge in [0.15, 0.2) is 0 Å². The minimum Gasteiger partial charge on any atom is -0.383 e. The first kappa shape index (κ1) is 15.5. The number of hydrogen-bond acceptors (Lipinski definition) is 4. The lowest BCUT2D eigenvalue weighted by Gasteiger charge is -2.13. The first-order valence-corrected chi connectivity index (χ1v) is 8.24. The zero-order chi connectivity index (χ0) is 17.4. The lowest BCUT2D eigenvalue weighted by molar-refractivity contribution is 1.23. The van der Waals surface area contributed by atoms with Crippen molar-refractivity contribution in [3.8, 4) is 22.4 Å². The van der Waals surface area contributed by atoms with Crippen molar-refractivity contribution in [2.24, 2.45) is 0 Å². The van der Waals surface area contributed by atoms with E-state index in [0.717, 1.165) is 43.9 Å². The van der Waals surface area contributed by atoms with Crippen LogP contribution in [0, 0.1) is 6.92 Å². The average Bonchev–Trinajstić information content (AvgIpc) is 2.64. The van der Waals surface area contributed by atoms with E-state index in [4.69, 9.17) is 17.3 Å². The van der Waals surface area contributed by atoms with E-state index in [1.807, 2.05) is 55.5 Å². The number of pyridine rings is 1. The molecule has 5 heteroatoms. The van der Waals surface area contributed by atoms with E-state index in [1.54, 1.807) is 6.20 Å². The molecule has 4 nitrogen and oxygen atoms in total. The van der Waals surface area contributed by atoms with Crippen LogP contribution in [0.25, 0.3) is 33.3 Å². The molecule has 2 N–H and O–H groups in total. The standard InChI is InChI=1S/C20H15ClN4/c1-12-14(4-2-6-17(12)21)19-15(5-3-9-23-19)13-7-8-18-16(10-13)20(22)25-11-24-18/h2-11H,1H3,(H2,22,24,25). The largest absolute Gasteiger partial charge is 0.383 e. The van der Waals surface area contributed by atoms with Gasteiger partial charge in [0.2, 0.25) is 0 Å². The van der Waals surface area contributed by atoms with Crippen LogP contribution in [0.3, 0.4) is 0 Å². The maximum atomic E-state index is 6.30. The second-order valence-corrected chi connectivity index (χ2v) is 6.21. The number of fused-ring (bicyclic) bond motifs is 1. The van der Waals surface area contributed by atoms with Gasteiger partial charge in [-0.1, -0.05) is 35.9 Å². The van der Waals surface area contributed by atoms with Crippen molar-refractivity contribution in [2.45, 2.75) is 6.92 Å². The van der Waals surface area contributed by atoms with E-state index < -0.39 is 0 Å². The van der Waals surface area contributed by atoms with Crippen molar-refractivity contribution in [1.82, 2.24) is 15.0 Å². The van der Waals surface area contributed by atoms with E-state index in [2.05, 4.69) is 15.0 Å². The van der Waals surface area contributed by atoms with Crippen LogP contribution < -0.4 is 5.73 Å². The SMILES string of the molecule is Cc1c(Cl)cccc1-c1ncccc1-c1ccc2ncnc(N)c2c1. The van der Waals surface area contributed by atoms with Crippen LogP contribution in [0.5, 0.6) is 0 Å². The molecule has 0 atom stereocenters. The number of rotatable bonds is 2. The summed E-state index contributed by atoms with van der Waals surface area (Å²) < 4.78 is 0. The Morgan fingerprint density at radius 1 is 0.920 bits per heavy atom. The third-order valence-electron chi connectivity index (χ3n) is 4.31. The molecule has 0 amide bonds. The van der Waals surface area contributed by atoms with Gasteiger partial charge in [0.25, 0.3) is 0 Å². The fourth-order valence-electron chi connectivity index (χ4n) is 2.96. The second kappa shape index (κ2) is 6.15. The van der Waals surface area contributed by atoms with Crippen molar-refractivity contribution in [1.29, 1.82) is 0 Å². The highest BCUT2D eigenvalue weighted by Gasteiger charge is 2.13. The number of benzene rings is 2. The quantitative estimate of drug-likeness (QED) is 0.560. The van der Waals surface area contributed by atoms with E-state index in [9.17, 15) is 0 Å². The third kappa shape index (κ3) is 2.71. The Hall–Kier alpha value is -2.98. The molecule has 2 aromatic carbocycles. The van der Waals surface area contributed by atoms with Gasteiger partial charge in [0.1, 0.15) is 12.1 Å². The summed E-state index contributed by atoms with van der Waals surface area (Å²) >= 11 is 6.30. The molecule has 0 saturated heterocycles. The highest BCUT2D eigenvalue weighted by molar-refractivity contribution is 6.31. The Bertz CT molecular complexity index is 1090. The molecule has 122 valence electrons. The summed E-state index contributed by atoms with van der Waals surface area (Å²) in [4.78, 5) is 12.9. The Balaban J connectivity index is 1.96. The first-order chi connectivity index (χ1) is 12.1. The molecule has 0 spiro atoms. The van der Waals surface area contributed by atoms with Gasteiger partial charge in [-0.3, -0.25) is 4.98 Å². The van der Waals surface area contributed by atoms with Gasteiger partial charge in [0.05, 0.1) is 11.2 Å². The van der Waals surface area contributed by atoms with E-state index in [-0.39, 0.29) is 0 Å². The normalized spacial score (nSPS) is 11.0. The van der Waals surface area contributed by atoms with E-state index in [1.165, 1.54) is 6.33 Å². The lowest BCUT2D eigenvalue weighted by Crippen LogP contribution is -1.95. The molecule has 2 heterocycles. The van der Waals surface area contributed by atoms with Gasteiger partial charge in [0, 0.05) is 27.7 Å². The van der Waals surface area contributed by atoms with Gasteiger partial charge in [-0.2, -0.15) is 0 Å². The van der Waals surface area contributed by atoms with Crippen molar-refractivity contribution >= 4 is 28.3 Å². The minimum absolute atomic E-state index is 0.469. The lowest BCUT2D eigenvalue weighted by atomic mass is 9.96. The van der Waals surface area contributed by atoms with Crippen LogP contribution in [0.15, 0.2) is 61.1 Å². The minimum atomic E-state index is 0.469. The zero-order valence-electron chi connectivity index (χ0n) is 13.6. The van der Waals surface area contributed by atoms with E-state index >= 15 is 0 Å². The van der Waals surface area contributed by atoms with Crippen LogP contribution in [0.2, 0.25) is 5.02 Å². The molecule has 0 aliphatic rings. The predicted octanol–water partition coefficient (Wildman–Crippen LogP) is 4.90. The van der Waals surface area contributed by atoms with Crippen molar-refractivity contribution < 1.29 is 0 Å². The van der Waals surface area contributed by atoms with Crippen LogP contribution in [0.1, 0.15) is 5.56 Å².